The third kappa shape index (κ3) is 2.02. The predicted molar refractivity (Wildman–Crippen MR) is 60.7 cm³/mol. The Hall–Kier alpha value is -1.84. The molecular weight excluding hydrogens is 220 g/mol. The third-order valence-corrected chi connectivity index (χ3v) is 3.53. The van der Waals surface area contributed by atoms with E-state index in [1.165, 1.54) is 6.92 Å². The van der Waals surface area contributed by atoms with Crippen molar-refractivity contribution in [3.05, 3.63) is 29.8 Å². The van der Waals surface area contributed by atoms with E-state index in [1.807, 2.05) is 0 Å². The first kappa shape index (κ1) is 11.6. The van der Waals surface area contributed by atoms with E-state index in [4.69, 9.17) is 10.2 Å². The van der Waals surface area contributed by atoms with Crippen LogP contribution in [-0.4, -0.2) is 22.0 Å². The second kappa shape index (κ2) is 3.87. The molecule has 0 heterocycles. The first-order chi connectivity index (χ1) is 7.95. The van der Waals surface area contributed by atoms with Gasteiger partial charge in [-0.25, -0.2) is 0 Å². The van der Waals surface area contributed by atoms with Crippen molar-refractivity contribution >= 4 is 11.8 Å². The Morgan fingerprint density at radius 2 is 1.94 bits per heavy atom. The number of carbonyl (C=O) groups is 2. The minimum atomic E-state index is -0.904. The van der Waals surface area contributed by atoms with E-state index in [1.54, 1.807) is 24.3 Å². The maximum atomic E-state index is 11.6. The Labute approximate surface area is 98.9 Å². The fourth-order valence-electron chi connectivity index (χ4n) is 2.32. The second-order valence-corrected chi connectivity index (χ2v) is 4.65. The van der Waals surface area contributed by atoms with Crippen molar-refractivity contribution in [3.63, 3.8) is 0 Å². The van der Waals surface area contributed by atoms with Crippen molar-refractivity contribution < 1.29 is 19.8 Å². The summed E-state index contributed by atoms with van der Waals surface area (Å²) in [5.74, 6) is -1.37. The maximum absolute atomic E-state index is 11.6. The minimum Gasteiger partial charge on any atom is -0.508 e. The molecule has 1 aliphatic rings. The number of benzene rings is 1. The van der Waals surface area contributed by atoms with Crippen LogP contribution in [0.15, 0.2) is 24.3 Å². The fourth-order valence-corrected chi connectivity index (χ4v) is 2.32. The van der Waals surface area contributed by atoms with Crippen molar-refractivity contribution in [1.82, 2.24) is 0 Å². The number of rotatable bonds is 4. The molecule has 0 aromatic heterocycles. The highest BCUT2D eigenvalue weighted by molar-refractivity contribution is 5.93. The summed E-state index contributed by atoms with van der Waals surface area (Å²) in [5.41, 5.74) is 0.143. The molecule has 1 saturated carbocycles. The fraction of sp³-hybridized carbons (Fsp3) is 0.385. The molecule has 1 aromatic rings. The summed E-state index contributed by atoms with van der Waals surface area (Å²) in [6.07, 6.45) is 0.845. The summed E-state index contributed by atoms with van der Waals surface area (Å²) in [6, 6.07) is 6.52. The lowest BCUT2D eigenvalue weighted by molar-refractivity contribution is -0.141. The zero-order valence-electron chi connectivity index (χ0n) is 9.51. The lowest BCUT2D eigenvalue weighted by Gasteiger charge is -2.12. The van der Waals surface area contributed by atoms with Gasteiger partial charge < -0.3 is 10.2 Å². The molecule has 2 rings (SSSR count). The van der Waals surface area contributed by atoms with Gasteiger partial charge in [0, 0.05) is 5.41 Å². The van der Waals surface area contributed by atoms with E-state index in [0.29, 0.717) is 12.8 Å². The van der Waals surface area contributed by atoms with Crippen LogP contribution < -0.4 is 0 Å². The third-order valence-electron chi connectivity index (χ3n) is 3.53. The number of hydrogen-bond donors (Lipinski definition) is 2. The Morgan fingerprint density at radius 3 is 2.35 bits per heavy atom. The standard InChI is InChI=1S/C13H14O4/c1-8(14)13(7-11(13)12(16)17)6-9-2-4-10(15)5-3-9/h2-5,11,15H,6-7H2,1H3,(H,16,17)/t11?,13-/m1/s1. The molecule has 1 aromatic carbocycles. The second-order valence-electron chi connectivity index (χ2n) is 4.65. The molecule has 0 saturated heterocycles. The molecule has 0 bridgehead atoms. The van der Waals surface area contributed by atoms with Crippen LogP contribution in [0, 0.1) is 11.3 Å². The molecule has 0 spiro atoms. The van der Waals surface area contributed by atoms with Gasteiger partial charge in [0.2, 0.25) is 0 Å². The minimum absolute atomic E-state index is 0.0713. The van der Waals surface area contributed by atoms with Gasteiger partial charge >= 0.3 is 5.97 Å². The molecule has 2 N–H and O–H groups in total. The van der Waals surface area contributed by atoms with Gasteiger partial charge in [0.1, 0.15) is 11.5 Å². The summed E-state index contributed by atoms with van der Waals surface area (Å²) in [6.45, 7) is 1.45. The van der Waals surface area contributed by atoms with E-state index in [2.05, 4.69) is 0 Å². The van der Waals surface area contributed by atoms with Crippen LogP contribution in [0.25, 0.3) is 0 Å². The van der Waals surface area contributed by atoms with Crippen LogP contribution in [0.2, 0.25) is 0 Å². The first-order valence-electron chi connectivity index (χ1n) is 5.47. The van der Waals surface area contributed by atoms with Gasteiger partial charge in [0.25, 0.3) is 0 Å². The molecule has 1 unspecified atom stereocenters. The molecule has 0 aliphatic heterocycles. The maximum Gasteiger partial charge on any atom is 0.307 e. The van der Waals surface area contributed by atoms with Gasteiger partial charge in [-0.1, -0.05) is 12.1 Å². The number of aliphatic carboxylic acids is 1. The highest BCUT2D eigenvalue weighted by Crippen LogP contribution is 2.55. The van der Waals surface area contributed by atoms with E-state index < -0.39 is 17.3 Å². The van der Waals surface area contributed by atoms with Gasteiger partial charge in [0.05, 0.1) is 5.92 Å². The number of aromatic hydroxyl groups is 1. The highest BCUT2D eigenvalue weighted by Gasteiger charge is 2.61. The van der Waals surface area contributed by atoms with Crippen LogP contribution in [0.4, 0.5) is 0 Å². The van der Waals surface area contributed by atoms with Gasteiger partial charge in [-0.15, -0.1) is 0 Å². The first-order valence-corrected chi connectivity index (χ1v) is 5.47. The molecule has 4 heteroatoms. The van der Waals surface area contributed by atoms with Crippen molar-refractivity contribution in [2.45, 2.75) is 19.8 Å². The Morgan fingerprint density at radius 1 is 1.35 bits per heavy atom. The Bertz CT molecular complexity index is 463. The molecular formula is C13H14O4. The molecule has 2 atom stereocenters. The SMILES string of the molecule is CC(=O)[C@@]1(Cc2ccc(O)cc2)CC1C(=O)O. The number of ketones is 1. The number of Topliss-reactive ketones (excluding diaryl/α,β-unsaturated/α-hetero) is 1. The largest absolute Gasteiger partial charge is 0.508 e. The average Bonchev–Trinajstić information content (AvgIpc) is 2.98. The van der Waals surface area contributed by atoms with Gasteiger partial charge in [0.15, 0.2) is 0 Å². The lowest BCUT2D eigenvalue weighted by Crippen LogP contribution is -2.21. The number of carbonyl (C=O) groups excluding carboxylic acids is 1. The van der Waals surface area contributed by atoms with Crippen LogP contribution in [0.1, 0.15) is 18.9 Å². The van der Waals surface area contributed by atoms with Gasteiger partial charge in [-0.05, 0) is 37.5 Å². The van der Waals surface area contributed by atoms with Crippen molar-refractivity contribution in [1.29, 1.82) is 0 Å². The highest BCUT2D eigenvalue weighted by atomic mass is 16.4. The predicted octanol–water partition coefficient (Wildman–Crippen LogP) is 1.61. The van der Waals surface area contributed by atoms with E-state index in [-0.39, 0.29) is 11.5 Å². The molecule has 0 amide bonds. The summed E-state index contributed by atoms with van der Waals surface area (Å²) in [4.78, 5) is 22.5. The smallest absolute Gasteiger partial charge is 0.307 e. The lowest BCUT2D eigenvalue weighted by atomic mass is 9.90. The monoisotopic (exact) mass is 234 g/mol. The van der Waals surface area contributed by atoms with Crippen molar-refractivity contribution in [2.24, 2.45) is 11.3 Å². The Kier molecular flexibility index (Phi) is 2.65. The molecule has 1 fully saturated rings. The number of carboxylic acids is 1. The normalized spacial score (nSPS) is 26.5. The topological polar surface area (TPSA) is 74.6 Å². The number of phenolic OH excluding ortho intramolecular Hbond substituents is 1. The molecule has 17 heavy (non-hydrogen) atoms. The van der Waals surface area contributed by atoms with Gasteiger partial charge in [-0.2, -0.15) is 0 Å². The number of phenols is 1. The molecule has 90 valence electrons. The van der Waals surface area contributed by atoms with Crippen LogP contribution >= 0.6 is 0 Å². The average molecular weight is 234 g/mol. The van der Waals surface area contributed by atoms with E-state index >= 15 is 0 Å². The van der Waals surface area contributed by atoms with Crippen molar-refractivity contribution in [2.75, 3.05) is 0 Å². The molecule has 0 radical (unpaired) electrons. The molecule has 4 nitrogen and oxygen atoms in total. The summed E-state index contributed by atoms with van der Waals surface area (Å²) in [5, 5.41) is 18.1. The van der Waals surface area contributed by atoms with Crippen LogP contribution in [-0.2, 0) is 16.0 Å². The number of hydrogen-bond acceptors (Lipinski definition) is 3. The summed E-state index contributed by atoms with van der Waals surface area (Å²) < 4.78 is 0. The quantitative estimate of drug-likeness (QED) is 0.830. The zero-order chi connectivity index (χ0) is 12.6. The van der Waals surface area contributed by atoms with Crippen LogP contribution in [0.3, 0.4) is 0 Å². The van der Waals surface area contributed by atoms with Crippen molar-refractivity contribution in [3.8, 4) is 5.75 Å². The zero-order valence-corrected chi connectivity index (χ0v) is 9.51. The Balaban J connectivity index is 2.19. The molecule has 1 aliphatic carbocycles. The van der Waals surface area contributed by atoms with Crippen LogP contribution in [0.5, 0.6) is 5.75 Å². The van der Waals surface area contributed by atoms with E-state index in [9.17, 15) is 9.59 Å². The van der Waals surface area contributed by atoms with Gasteiger partial charge in [-0.3, -0.25) is 9.59 Å². The van der Waals surface area contributed by atoms with E-state index in [0.717, 1.165) is 5.56 Å². The number of carboxylic acid groups (broad SMARTS) is 1. The summed E-state index contributed by atoms with van der Waals surface area (Å²) >= 11 is 0. The summed E-state index contributed by atoms with van der Waals surface area (Å²) in [7, 11) is 0.